The summed E-state index contributed by atoms with van der Waals surface area (Å²) >= 11 is 0. The van der Waals surface area contributed by atoms with Crippen LogP contribution < -0.4 is 16.0 Å². The second-order valence-corrected chi connectivity index (χ2v) is 10.2. The van der Waals surface area contributed by atoms with Gasteiger partial charge in [-0.05, 0) is 43.4 Å². The van der Waals surface area contributed by atoms with E-state index < -0.39 is 53.7 Å². The number of hydrogen-bond acceptors (Lipinski definition) is 6. The van der Waals surface area contributed by atoms with Crippen LogP contribution >= 0.6 is 0 Å². The number of benzene rings is 1. The van der Waals surface area contributed by atoms with Crippen molar-refractivity contribution in [2.75, 3.05) is 19.0 Å². The third-order valence-corrected chi connectivity index (χ3v) is 7.29. The van der Waals surface area contributed by atoms with Crippen molar-refractivity contribution in [3.8, 4) is 0 Å². The Labute approximate surface area is 226 Å². The van der Waals surface area contributed by atoms with Gasteiger partial charge in [0.05, 0.1) is 13.5 Å². The number of rotatable bonds is 10. The van der Waals surface area contributed by atoms with Crippen LogP contribution in [0.4, 0.5) is 14.9 Å². The zero-order valence-corrected chi connectivity index (χ0v) is 22.1. The second-order valence-electron chi connectivity index (χ2n) is 10.2. The maximum atomic E-state index is 13.5. The van der Waals surface area contributed by atoms with Crippen LogP contribution in [0.3, 0.4) is 0 Å². The van der Waals surface area contributed by atoms with E-state index in [1.54, 1.807) is 0 Å². The summed E-state index contributed by atoms with van der Waals surface area (Å²) in [5.74, 6) is -3.01. The molecule has 0 aromatic heterocycles. The number of ether oxygens (including phenoxy) is 1. The average molecular weight is 549 g/mol. The van der Waals surface area contributed by atoms with E-state index in [2.05, 4.69) is 16.0 Å². The molecule has 2 fully saturated rings. The van der Waals surface area contributed by atoms with Crippen LogP contribution in [0.1, 0.15) is 64.2 Å². The highest BCUT2D eigenvalue weighted by Gasteiger charge is 2.38. The number of halogens is 1. The third kappa shape index (κ3) is 9.22. The van der Waals surface area contributed by atoms with Crippen molar-refractivity contribution in [1.82, 2.24) is 15.5 Å². The fourth-order valence-electron chi connectivity index (χ4n) is 5.30. The summed E-state index contributed by atoms with van der Waals surface area (Å²) in [5, 5.41) is 17.1. The van der Waals surface area contributed by atoms with Crippen LogP contribution in [0.25, 0.3) is 0 Å². The van der Waals surface area contributed by atoms with Gasteiger partial charge >= 0.3 is 18.0 Å². The molecule has 2 aliphatic rings. The zero-order chi connectivity index (χ0) is 28.4. The number of hydrogen-bond donors (Lipinski definition) is 4. The van der Waals surface area contributed by atoms with Gasteiger partial charge in [0.25, 0.3) is 0 Å². The average Bonchev–Trinajstić information content (AvgIpc) is 2.91. The number of carbonyl (C=O) groups is 5. The molecule has 12 heteroatoms. The van der Waals surface area contributed by atoms with E-state index in [9.17, 15) is 28.4 Å². The number of nitrogens with one attached hydrogen (secondary N) is 3. The number of amides is 4. The minimum absolute atomic E-state index is 0.0541. The van der Waals surface area contributed by atoms with E-state index in [-0.39, 0.29) is 37.4 Å². The molecule has 1 aliphatic heterocycles. The van der Waals surface area contributed by atoms with Crippen LogP contribution in [-0.2, 0) is 23.9 Å². The van der Waals surface area contributed by atoms with Crippen LogP contribution in [0, 0.1) is 11.7 Å². The Kier molecular flexibility index (Phi) is 11.1. The zero-order valence-electron chi connectivity index (χ0n) is 22.1. The number of anilines is 1. The Hall–Kier alpha value is -3.70. The summed E-state index contributed by atoms with van der Waals surface area (Å²) in [6, 6.07) is 2.38. The molecule has 1 aromatic carbocycles. The van der Waals surface area contributed by atoms with E-state index in [1.807, 2.05) is 0 Å². The standard InChI is InChI=1S/C27H37FN4O7/c1-39-26(37)21(14-17-6-3-2-4-7-17)31-25(36)22-16-20(12-13-32(22)23(33)10-11-24(34)35)30-27(38)29-19-9-5-8-18(28)15-19/h5,8-9,15,17,20-22H,2-4,6-7,10-14,16H2,1H3,(H,31,36)(H,34,35)(H2,29,30,38)/t20-,21-,22-/m0/s1. The van der Waals surface area contributed by atoms with Crippen molar-refractivity contribution in [3.05, 3.63) is 30.1 Å². The first-order chi connectivity index (χ1) is 18.7. The quantitative estimate of drug-likeness (QED) is 0.328. The number of carbonyl (C=O) groups excluding carboxylic acids is 4. The molecule has 1 aliphatic carbocycles. The van der Waals surface area contributed by atoms with Gasteiger partial charge in [0.15, 0.2) is 0 Å². The molecule has 3 rings (SSSR count). The number of urea groups is 1. The Morgan fingerprint density at radius 3 is 2.51 bits per heavy atom. The first-order valence-corrected chi connectivity index (χ1v) is 13.4. The van der Waals surface area contributed by atoms with Crippen molar-refractivity contribution in [3.63, 3.8) is 0 Å². The molecule has 4 amide bonds. The summed E-state index contributed by atoms with van der Waals surface area (Å²) in [7, 11) is 1.25. The molecule has 1 heterocycles. The lowest BCUT2D eigenvalue weighted by Gasteiger charge is -2.39. The van der Waals surface area contributed by atoms with Gasteiger partial charge in [0, 0.05) is 24.7 Å². The second kappa shape index (κ2) is 14.5. The predicted octanol–water partition coefficient (Wildman–Crippen LogP) is 2.80. The van der Waals surface area contributed by atoms with Crippen molar-refractivity contribution < 1.29 is 38.2 Å². The van der Waals surface area contributed by atoms with Crippen LogP contribution in [-0.4, -0.2) is 71.6 Å². The molecule has 1 saturated heterocycles. The number of carboxylic acid groups (broad SMARTS) is 1. The number of likely N-dealkylation sites (tertiary alicyclic amines) is 1. The van der Waals surface area contributed by atoms with Gasteiger partial charge in [-0.2, -0.15) is 0 Å². The largest absolute Gasteiger partial charge is 0.481 e. The molecule has 0 unspecified atom stereocenters. The number of piperidine rings is 1. The van der Waals surface area contributed by atoms with Crippen molar-refractivity contribution in [1.29, 1.82) is 0 Å². The van der Waals surface area contributed by atoms with Gasteiger partial charge < -0.3 is 30.7 Å². The van der Waals surface area contributed by atoms with Crippen molar-refractivity contribution in [2.45, 2.75) is 82.3 Å². The summed E-state index contributed by atoms with van der Waals surface area (Å²) in [6.07, 6.45) is 5.32. The Morgan fingerprint density at radius 2 is 1.85 bits per heavy atom. The Bertz CT molecular complexity index is 1050. The molecule has 11 nitrogen and oxygen atoms in total. The van der Waals surface area contributed by atoms with Gasteiger partial charge in [-0.1, -0.05) is 38.2 Å². The summed E-state index contributed by atoms with van der Waals surface area (Å²) in [6.45, 7) is 0.104. The van der Waals surface area contributed by atoms with Gasteiger partial charge in [-0.3, -0.25) is 14.4 Å². The fourth-order valence-corrected chi connectivity index (χ4v) is 5.30. The van der Waals surface area contributed by atoms with Crippen molar-refractivity contribution >= 4 is 35.5 Å². The highest BCUT2D eigenvalue weighted by atomic mass is 19.1. The van der Waals surface area contributed by atoms with Crippen molar-refractivity contribution in [2.24, 2.45) is 5.92 Å². The molecule has 1 aromatic rings. The van der Waals surface area contributed by atoms with Crippen LogP contribution in [0.2, 0.25) is 0 Å². The first kappa shape index (κ1) is 29.9. The topological polar surface area (TPSA) is 154 Å². The molecule has 3 atom stereocenters. The van der Waals surface area contributed by atoms with Crippen LogP contribution in [0.5, 0.6) is 0 Å². The molecule has 4 N–H and O–H groups in total. The van der Waals surface area contributed by atoms with E-state index in [0.717, 1.165) is 32.1 Å². The maximum Gasteiger partial charge on any atom is 0.328 e. The number of nitrogens with zero attached hydrogens (tertiary/aromatic N) is 1. The molecule has 39 heavy (non-hydrogen) atoms. The third-order valence-electron chi connectivity index (χ3n) is 7.29. The summed E-state index contributed by atoms with van der Waals surface area (Å²) in [4.78, 5) is 63.7. The molecular formula is C27H37FN4O7. The van der Waals surface area contributed by atoms with Gasteiger partial charge in [-0.25, -0.2) is 14.0 Å². The molecular weight excluding hydrogens is 511 g/mol. The van der Waals surface area contributed by atoms with E-state index in [0.29, 0.717) is 12.8 Å². The monoisotopic (exact) mass is 548 g/mol. The molecule has 1 saturated carbocycles. The van der Waals surface area contributed by atoms with Gasteiger partial charge in [0.1, 0.15) is 17.9 Å². The summed E-state index contributed by atoms with van der Waals surface area (Å²) < 4.78 is 18.4. The molecule has 0 radical (unpaired) electrons. The highest BCUT2D eigenvalue weighted by Crippen LogP contribution is 2.28. The number of esters is 1. The SMILES string of the molecule is COC(=O)[C@H](CC1CCCCC1)NC(=O)[C@@H]1C[C@@H](NC(=O)Nc2cccc(F)c2)CCN1C(=O)CCC(=O)O. The van der Waals surface area contributed by atoms with Gasteiger partial charge in [-0.15, -0.1) is 0 Å². The normalized spacial score (nSPS) is 20.4. The number of methoxy groups -OCH3 is 1. The minimum Gasteiger partial charge on any atom is -0.481 e. The maximum absolute atomic E-state index is 13.5. The lowest BCUT2D eigenvalue weighted by Crippen LogP contribution is -2.59. The summed E-state index contributed by atoms with van der Waals surface area (Å²) in [5.41, 5.74) is 0.256. The fraction of sp³-hybridized carbons (Fsp3) is 0.593. The van der Waals surface area contributed by atoms with E-state index in [1.165, 1.54) is 36.3 Å². The Balaban J connectivity index is 1.70. The highest BCUT2D eigenvalue weighted by molar-refractivity contribution is 5.92. The van der Waals surface area contributed by atoms with Crippen LogP contribution in [0.15, 0.2) is 24.3 Å². The first-order valence-electron chi connectivity index (χ1n) is 13.4. The lowest BCUT2D eigenvalue weighted by atomic mass is 9.84. The Morgan fingerprint density at radius 1 is 1.10 bits per heavy atom. The minimum atomic E-state index is -1.13. The lowest BCUT2D eigenvalue weighted by molar-refractivity contribution is -0.149. The predicted molar refractivity (Wildman–Crippen MR) is 139 cm³/mol. The molecule has 0 bridgehead atoms. The van der Waals surface area contributed by atoms with E-state index in [4.69, 9.17) is 9.84 Å². The molecule has 0 spiro atoms. The smallest absolute Gasteiger partial charge is 0.328 e. The molecule has 214 valence electrons. The van der Waals surface area contributed by atoms with E-state index >= 15 is 0 Å². The number of aliphatic carboxylic acids is 1. The number of carboxylic acids is 1. The van der Waals surface area contributed by atoms with Gasteiger partial charge in [0.2, 0.25) is 11.8 Å².